The predicted molar refractivity (Wildman–Crippen MR) is 157 cm³/mol. The number of hydrogen-bond donors (Lipinski definition) is 0. The van der Waals surface area contributed by atoms with Crippen LogP contribution in [0.15, 0.2) is 60.9 Å². The van der Waals surface area contributed by atoms with Crippen LogP contribution in [0.5, 0.6) is 0 Å². The number of carbonyl (C=O) groups is 1. The number of anilines is 2. The Kier molecular flexibility index (Phi) is 7.81. The van der Waals surface area contributed by atoms with Crippen molar-refractivity contribution in [2.75, 3.05) is 31.1 Å². The van der Waals surface area contributed by atoms with E-state index in [0.29, 0.717) is 11.6 Å². The first-order valence-corrected chi connectivity index (χ1v) is 14.4. The van der Waals surface area contributed by atoms with E-state index in [2.05, 4.69) is 104 Å². The molecule has 0 saturated carbocycles. The van der Waals surface area contributed by atoms with Crippen LogP contribution >= 0.6 is 22.6 Å². The van der Waals surface area contributed by atoms with Gasteiger partial charge in [0.2, 0.25) is 0 Å². The van der Waals surface area contributed by atoms with Crippen molar-refractivity contribution in [3.8, 4) is 0 Å². The average molecular weight is 610 g/mol. The topological polar surface area (TPSA) is 52.6 Å². The summed E-state index contributed by atoms with van der Waals surface area (Å²) in [6, 6.07) is 20.1. The fourth-order valence-corrected chi connectivity index (χ4v) is 6.35. The van der Waals surface area contributed by atoms with Crippen LogP contribution in [0.4, 0.5) is 11.4 Å². The second kappa shape index (κ2) is 11.1. The van der Waals surface area contributed by atoms with Crippen molar-refractivity contribution < 1.29 is 4.79 Å². The van der Waals surface area contributed by atoms with Crippen LogP contribution in [0.25, 0.3) is 0 Å². The highest BCUT2D eigenvalue weighted by Crippen LogP contribution is 2.36. The molecule has 1 amide bonds. The molecule has 2 aliphatic heterocycles. The smallest absolute Gasteiger partial charge is 0.257 e. The van der Waals surface area contributed by atoms with Gasteiger partial charge in [0.1, 0.15) is 6.33 Å². The van der Waals surface area contributed by atoms with Gasteiger partial charge in [-0.3, -0.25) is 9.69 Å². The number of likely N-dealkylation sites (tertiary alicyclic amines) is 2. The van der Waals surface area contributed by atoms with E-state index in [0.717, 1.165) is 63.3 Å². The van der Waals surface area contributed by atoms with Gasteiger partial charge in [-0.15, -0.1) is 0 Å². The summed E-state index contributed by atoms with van der Waals surface area (Å²) in [6.45, 7) is 9.90. The molecule has 3 aromatic rings. The van der Waals surface area contributed by atoms with E-state index in [9.17, 15) is 4.79 Å². The Morgan fingerprint density at radius 1 is 0.892 bits per heavy atom. The summed E-state index contributed by atoms with van der Waals surface area (Å²) in [5.41, 5.74) is 4.85. The number of aromatic nitrogens is 2. The number of aryl methyl sites for hydroxylation is 2. The zero-order valence-electron chi connectivity index (χ0n) is 22.0. The quantitative estimate of drug-likeness (QED) is 0.333. The van der Waals surface area contributed by atoms with E-state index in [-0.39, 0.29) is 11.4 Å². The molecule has 2 aliphatic rings. The lowest BCUT2D eigenvalue weighted by molar-refractivity contribution is 0.0176. The maximum absolute atomic E-state index is 13.3. The molecule has 3 heterocycles. The minimum absolute atomic E-state index is 0.0763. The Morgan fingerprint density at radius 3 is 2.05 bits per heavy atom. The molecule has 194 valence electrons. The number of rotatable bonds is 5. The van der Waals surface area contributed by atoms with Gasteiger partial charge in [-0.2, -0.15) is 0 Å². The summed E-state index contributed by atoms with van der Waals surface area (Å²) in [4.78, 5) is 29.0. The lowest BCUT2D eigenvalue weighted by atomic mass is 9.85. The number of para-hydroxylation sites is 1. The zero-order valence-corrected chi connectivity index (χ0v) is 24.2. The average Bonchev–Trinajstić information content (AvgIpc) is 2.91. The van der Waals surface area contributed by atoms with Crippen molar-refractivity contribution in [3.05, 3.63) is 81.4 Å². The number of carbonyl (C=O) groups excluding carboxylic acids is 1. The summed E-state index contributed by atoms with van der Waals surface area (Å²) in [5.74, 6) is 0.0763. The number of nitrogens with zero attached hydrogens (tertiary/aromatic N) is 5. The molecule has 0 aliphatic carbocycles. The Labute approximate surface area is 234 Å². The summed E-state index contributed by atoms with van der Waals surface area (Å²) in [5, 5.41) is 0. The first-order valence-electron chi connectivity index (χ1n) is 13.3. The number of halogens is 1. The van der Waals surface area contributed by atoms with Crippen molar-refractivity contribution in [2.45, 2.75) is 58.0 Å². The Balaban J connectivity index is 1.24. The summed E-state index contributed by atoms with van der Waals surface area (Å²) < 4.78 is 1.26. The molecule has 1 aromatic heterocycles. The molecule has 0 radical (unpaired) electrons. The molecule has 0 unspecified atom stereocenters. The van der Waals surface area contributed by atoms with Gasteiger partial charge in [0.05, 0.1) is 17.0 Å². The second-order valence-electron chi connectivity index (χ2n) is 10.6. The lowest BCUT2D eigenvalue weighted by Crippen LogP contribution is -2.58. The van der Waals surface area contributed by atoms with Crippen molar-refractivity contribution in [1.82, 2.24) is 19.8 Å². The fraction of sp³-hybridized carbons (Fsp3) is 0.433. The lowest BCUT2D eigenvalue weighted by Gasteiger charge is -2.50. The molecule has 0 spiro atoms. The molecule has 37 heavy (non-hydrogen) atoms. The second-order valence-corrected chi connectivity index (χ2v) is 11.9. The molecule has 0 N–H and O–H groups in total. The van der Waals surface area contributed by atoms with E-state index in [1.165, 1.54) is 21.3 Å². The van der Waals surface area contributed by atoms with Gasteiger partial charge in [-0.1, -0.05) is 18.2 Å². The maximum Gasteiger partial charge on any atom is 0.257 e. The van der Waals surface area contributed by atoms with E-state index in [4.69, 9.17) is 0 Å². The molecule has 2 aromatic carbocycles. The fourth-order valence-electron chi connectivity index (χ4n) is 5.99. The monoisotopic (exact) mass is 609 g/mol. The summed E-state index contributed by atoms with van der Waals surface area (Å²) in [7, 11) is 0. The molecule has 0 bridgehead atoms. The zero-order chi connectivity index (χ0) is 26.0. The largest absolute Gasteiger partial charge is 0.338 e. The Bertz CT molecular complexity index is 1200. The third-order valence-electron chi connectivity index (χ3n) is 8.30. The Morgan fingerprint density at radius 2 is 1.46 bits per heavy atom. The SMILES string of the molecule is Cc1ncnc(C)c1C(=O)N1CCC(C)(N2CCC(N(c3ccccc3)c3ccc(I)cc3)CC2)CC1. The minimum Gasteiger partial charge on any atom is -0.338 e. The van der Waals surface area contributed by atoms with Crippen LogP contribution in [-0.4, -0.2) is 63.4 Å². The van der Waals surface area contributed by atoms with Crippen LogP contribution in [0.1, 0.15) is 54.4 Å². The van der Waals surface area contributed by atoms with Gasteiger partial charge in [-0.25, -0.2) is 9.97 Å². The van der Waals surface area contributed by atoms with Gasteiger partial charge in [-0.05, 0) is 105 Å². The van der Waals surface area contributed by atoms with Gasteiger partial charge in [0.25, 0.3) is 5.91 Å². The van der Waals surface area contributed by atoms with Crippen LogP contribution in [0.2, 0.25) is 0 Å². The van der Waals surface area contributed by atoms with Crippen LogP contribution in [-0.2, 0) is 0 Å². The Hall–Kier alpha value is -2.52. The maximum atomic E-state index is 13.3. The molecule has 5 rings (SSSR count). The van der Waals surface area contributed by atoms with Crippen molar-refractivity contribution in [2.24, 2.45) is 0 Å². The third-order valence-corrected chi connectivity index (χ3v) is 9.02. The number of hydrogen-bond acceptors (Lipinski definition) is 5. The molecule has 2 saturated heterocycles. The van der Waals surface area contributed by atoms with Gasteiger partial charge < -0.3 is 9.80 Å². The molecular weight excluding hydrogens is 573 g/mol. The predicted octanol–water partition coefficient (Wildman–Crippen LogP) is 6.00. The van der Waals surface area contributed by atoms with Crippen molar-refractivity contribution in [3.63, 3.8) is 0 Å². The van der Waals surface area contributed by atoms with Crippen molar-refractivity contribution in [1.29, 1.82) is 0 Å². The van der Waals surface area contributed by atoms with Gasteiger partial charge >= 0.3 is 0 Å². The van der Waals surface area contributed by atoms with Crippen LogP contribution < -0.4 is 4.90 Å². The standard InChI is InChI=1S/C30H36IN5O/c1-22-28(23(2)33-21-32-22)29(37)34-19-15-30(3,16-20-34)35-17-13-27(14-18-35)36(25-7-5-4-6-8-25)26-11-9-24(31)10-12-26/h4-12,21,27H,13-20H2,1-3H3. The van der Waals surface area contributed by atoms with E-state index >= 15 is 0 Å². The molecule has 0 atom stereocenters. The van der Waals surface area contributed by atoms with Crippen LogP contribution in [0, 0.1) is 17.4 Å². The minimum atomic E-state index is 0.0763. The van der Waals surface area contributed by atoms with Crippen LogP contribution in [0.3, 0.4) is 0 Å². The highest BCUT2D eigenvalue weighted by Gasteiger charge is 2.40. The number of piperidine rings is 2. The number of amides is 1. The van der Waals surface area contributed by atoms with Gasteiger partial charge in [0, 0.05) is 52.7 Å². The summed E-state index contributed by atoms with van der Waals surface area (Å²) in [6.07, 6.45) is 5.77. The molecular formula is C30H36IN5O. The van der Waals surface area contributed by atoms with E-state index in [1.807, 2.05) is 18.7 Å². The highest BCUT2D eigenvalue weighted by molar-refractivity contribution is 14.1. The molecule has 7 heteroatoms. The van der Waals surface area contributed by atoms with Crippen molar-refractivity contribution >= 4 is 39.9 Å². The highest BCUT2D eigenvalue weighted by atomic mass is 127. The van der Waals surface area contributed by atoms with E-state index in [1.54, 1.807) is 0 Å². The third kappa shape index (κ3) is 5.53. The van der Waals surface area contributed by atoms with Gasteiger partial charge in [0.15, 0.2) is 0 Å². The normalized spacial score (nSPS) is 18.5. The summed E-state index contributed by atoms with van der Waals surface area (Å²) >= 11 is 2.37. The first-order chi connectivity index (χ1) is 17.9. The van der Waals surface area contributed by atoms with E-state index < -0.39 is 0 Å². The first kappa shape index (κ1) is 26.1. The number of benzene rings is 2. The molecule has 6 nitrogen and oxygen atoms in total. The molecule has 2 fully saturated rings.